The van der Waals surface area contributed by atoms with Gasteiger partial charge >= 0.3 is 0 Å². The van der Waals surface area contributed by atoms with Crippen LogP contribution < -0.4 is 5.32 Å². The number of aromatic nitrogens is 4. The van der Waals surface area contributed by atoms with Gasteiger partial charge in [0, 0.05) is 18.5 Å². The normalized spacial score (nSPS) is 11.0. The largest absolute Gasteiger partial charge is 0.459 e. The number of anilines is 1. The van der Waals surface area contributed by atoms with Crippen LogP contribution in [0.15, 0.2) is 55.2 Å². The van der Waals surface area contributed by atoms with Crippen LogP contribution in [0.3, 0.4) is 0 Å². The van der Waals surface area contributed by atoms with Crippen LogP contribution in [-0.2, 0) is 17.0 Å². The van der Waals surface area contributed by atoms with Gasteiger partial charge < -0.3 is 18.7 Å². The molecule has 0 aliphatic carbocycles. The highest BCUT2D eigenvalue weighted by molar-refractivity contribution is 7.98. The third-order valence-electron chi connectivity index (χ3n) is 4.00. The van der Waals surface area contributed by atoms with Gasteiger partial charge in [-0.15, -0.1) is 10.2 Å². The number of rotatable bonds is 8. The van der Waals surface area contributed by atoms with Crippen molar-refractivity contribution < 1.29 is 22.5 Å². The maximum Gasteiger partial charge on any atom is 0.284 e. The molecule has 1 N–H and O–H groups in total. The summed E-state index contributed by atoms with van der Waals surface area (Å²) >= 11 is 1.26. The molecule has 1 amide bonds. The van der Waals surface area contributed by atoms with Crippen molar-refractivity contribution in [3.05, 3.63) is 59.7 Å². The minimum atomic E-state index is -0.348. The molecule has 4 rings (SSSR count). The van der Waals surface area contributed by atoms with Gasteiger partial charge in [-0.1, -0.05) is 16.9 Å². The van der Waals surface area contributed by atoms with E-state index in [4.69, 9.17) is 13.4 Å². The van der Waals surface area contributed by atoms with E-state index in [1.54, 1.807) is 19.1 Å². The summed E-state index contributed by atoms with van der Waals surface area (Å²) in [4.78, 5) is 16.4. The smallest absolute Gasteiger partial charge is 0.284 e. The van der Waals surface area contributed by atoms with Gasteiger partial charge in [0.15, 0.2) is 11.6 Å². The van der Waals surface area contributed by atoms with Crippen LogP contribution in [0.1, 0.15) is 23.7 Å². The second kappa shape index (κ2) is 8.91. The zero-order valence-electron chi connectivity index (χ0n) is 15.8. The first kappa shape index (κ1) is 19.8. The van der Waals surface area contributed by atoms with E-state index in [1.165, 1.54) is 36.2 Å². The predicted molar refractivity (Wildman–Crippen MR) is 104 cm³/mol. The molecule has 4 aromatic rings. The number of nitrogens with zero attached hydrogens (tertiary/aromatic N) is 4. The first-order valence-corrected chi connectivity index (χ1v) is 9.93. The lowest BCUT2D eigenvalue weighted by Gasteiger charge is -2.07. The Morgan fingerprint density at radius 3 is 2.97 bits per heavy atom. The zero-order valence-corrected chi connectivity index (χ0v) is 16.6. The Balaban J connectivity index is 1.25. The molecule has 0 atom stereocenters. The number of aryl methyl sites for hydroxylation is 2. The maximum absolute atomic E-state index is 13.1. The molecule has 0 saturated carbocycles. The van der Waals surface area contributed by atoms with Crippen LogP contribution in [0.25, 0.3) is 11.7 Å². The fraction of sp³-hybridized carbons (Fsp3) is 0.211. The summed E-state index contributed by atoms with van der Waals surface area (Å²) in [5.74, 6) is 1.36. The van der Waals surface area contributed by atoms with Gasteiger partial charge in [-0.2, -0.15) is 4.98 Å². The van der Waals surface area contributed by atoms with Gasteiger partial charge in [0.05, 0.1) is 12.0 Å². The monoisotopic (exact) mass is 429 g/mol. The van der Waals surface area contributed by atoms with Crippen molar-refractivity contribution in [2.75, 3.05) is 5.32 Å². The fourth-order valence-corrected chi connectivity index (χ4v) is 3.15. The molecule has 154 valence electrons. The zero-order chi connectivity index (χ0) is 20.9. The second-order valence-corrected chi connectivity index (χ2v) is 7.18. The molecule has 0 radical (unpaired) electrons. The summed E-state index contributed by atoms with van der Waals surface area (Å²) in [6, 6.07) is 7.64. The van der Waals surface area contributed by atoms with Crippen molar-refractivity contribution in [2.45, 2.75) is 30.7 Å². The topological polar surface area (TPSA) is 120 Å². The molecular formula is C19H16FN5O4S. The van der Waals surface area contributed by atoms with Gasteiger partial charge in [-0.25, -0.2) is 4.39 Å². The van der Waals surface area contributed by atoms with Crippen molar-refractivity contribution in [3.8, 4) is 11.7 Å². The summed E-state index contributed by atoms with van der Waals surface area (Å²) in [7, 11) is 0. The molecule has 0 saturated heterocycles. The quantitative estimate of drug-likeness (QED) is 0.414. The number of carbonyl (C=O) groups excluding carboxylic acids is 1. The molecule has 11 heteroatoms. The van der Waals surface area contributed by atoms with Crippen LogP contribution in [0.4, 0.5) is 10.1 Å². The number of nitrogens with one attached hydrogen (secondary N) is 1. The van der Waals surface area contributed by atoms with Crippen molar-refractivity contribution in [2.24, 2.45) is 0 Å². The average Bonchev–Trinajstić information content (AvgIpc) is 3.48. The lowest BCUT2D eigenvalue weighted by molar-refractivity contribution is -0.116. The Kier molecular flexibility index (Phi) is 5.89. The molecule has 0 aliphatic rings. The third-order valence-corrected chi connectivity index (χ3v) is 4.82. The number of hydrogen-bond acceptors (Lipinski definition) is 9. The molecule has 0 spiro atoms. The van der Waals surface area contributed by atoms with E-state index in [2.05, 4.69) is 25.7 Å². The number of hydrogen-bond donors (Lipinski definition) is 1. The molecule has 0 unspecified atom stereocenters. The molecule has 30 heavy (non-hydrogen) atoms. The number of halogens is 1. The molecule has 3 heterocycles. The highest BCUT2D eigenvalue weighted by Crippen LogP contribution is 2.25. The van der Waals surface area contributed by atoms with Gasteiger partial charge in [0.25, 0.3) is 11.1 Å². The van der Waals surface area contributed by atoms with Crippen LogP contribution in [0.2, 0.25) is 0 Å². The standard InChI is InChI=1S/C19H16FN5O4S/c1-11-9-12(20)4-5-13(11)21-16(26)6-7-17-22-15(25-29-17)10-30-19-24-23-18(28-19)14-3-2-8-27-14/h2-5,8-9H,6-7,10H2,1H3,(H,21,26). The summed E-state index contributed by atoms with van der Waals surface area (Å²) in [5.41, 5.74) is 1.22. The minimum Gasteiger partial charge on any atom is -0.459 e. The van der Waals surface area contributed by atoms with Crippen LogP contribution in [0, 0.1) is 12.7 Å². The first-order valence-electron chi connectivity index (χ1n) is 8.94. The van der Waals surface area contributed by atoms with Crippen molar-refractivity contribution in [3.63, 3.8) is 0 Å². The Morgan fingerprint density at radius 2 is 2.17 bits per heavy atom. The molecule has 3 aromatic heterocycles. The average molecular weight is 429 g/mol. The lowest BCUT2D eigenvalue weighted by Crippen LogP contribution is -2.13. The molecule has 0 fully saturated rings. The van der Waals surface area contributed by atoms with E-state index >= 15 is 0 Å². The van der Waals surface area contributed by atoms with Crippen molar-refractivity contribution in [1.29, 1.82) is 0 Å². The number of carbonyl (C=O) groups is 1. The molecule has 0 aliphatic heterocycles. The molecule has 0 bridgehead atoms. The Hall–Kier alpha value is -3.47. The molecular weight excluding hydrogens is 413 g/mol. The highest BCUT2D eigenvalue weighted by atomic mass is 32.2. The fourth-order valence-electron chi connectivity index (χ4n) is 2.55. The van der Waals surface area contributed by atoms with Crippen LogP contribution in [0.5, 0.6) is 0 Å². The van der Waals surface area contributed by atoms with E-state index in [-0.39, 0.29) is 24.6 Å². The van der Waals surface area contributed by atoms with Gasteiger partial charge in [0.2, 0.25) is 11.8 Å². The van der Waals surface area contributed by atoms with E-state index in [9.17, 15) is 9.18 Å². The van der Waals surface area contributed by atoms with Gasteiger partial charge in [0.1, 0.15) is 5.82 Å². The molecule has 9 nitrogen and oxygen atoms in total. The summed E-state index contributed by atoms with van der Waals surface area (Å²) in [6.45, 7) is 1.72. The first-order chi connectivity index (χ1) is 14.6. The Bertz CT molecular complexity index is 1140. The SMILES string of the molecule is Cc1cc(F)ccc1NC(=O)CCc1nc(CSc2nnc(-c3ccco3)o2)no1. The predicted octanol–water partition coefficient (Wildman–Crippen LogP) is 4.02. The second-order valence-electron chi connectivity index (χ2n) is 6.25. The Labute approximate surface area is 174 Å². The Morgan fingerprint density at radius 1 is 1.27 bits per heavy atom. The highest BCUT2D eigenvalue weighted by Gasteiger charge is 2.14. The summed E-state index contributed by atoms with van der Waals surface area (Å²) in [5, 5.41) is 14.8. The van der Waals surface area contributed by atoms with Gasteiger partial charge in [-0.05, 0) is 42.8 Å². The van der Waals surface area contributed by atoms with E-state index in [0.717, 1.165) is 0 Å². The van der Waals surface area contributed by atoms with E-state index in [1.807, 2.05) is 0 Å². The third kappa shape index (κ3) is 4.92. The number of furan rings is 1. The summed E-state index contributed by atoms with van der Waals surface area (Å²) in [6.07, 6.45) is 1.96. The van der Waals surface area contributed by atoms with Gasteiger partial charge in [-0.3, -0.25) is 4.79 Å². The number of thioether (sulfide) groups is 1. The number of amides is 1. The summed E-state index contributed by atoms with van der Waals surface area (Å²) < 4.78 is 29.0. The van der Waals surface area contributed by atoms with E-state index in [0.29, 0.717) is 45.6 Å². The lowest BCUT2D eigenvalue weighted by atomic mass is 10.2. The van der Waals surface area contributed by atoms with Crippen molar-refractivity contribution >= 4 is 23.4 Å². The van der Waals surface area contributed by atoms with E-state index < -0.39 is 0 Å². The van der Waals surface area contributed by atoms with Crippen molar-refractivity contribution in [1.82, 2.24) is 20.3 Å². The van der Waals surface area contributed by atoms with Crippen LogP contribution in [-0.4, -0.2) is 26.2 Å². The molecule has 1 aromatic carbocycles. The maximum atomic E-state index is 13.1. The minimum absolute atomic E-state index is 0.155. The number of benzene rings is 1. The van der Waals surface area contributed by atoms with Crippen LogP contribution >= 0.6 is 11.8 Å².